The van der Waals surface area contributed by atoms with Crippen LogP contribution in [0.4, 0.5) is 0 Å². The van der Waals surface area contributed by atoms with Crippen LogP contribution in [0, 0.1) is 0 Å². The average molecular weight is 299 g/mol. The highest BCUT2D eigenvalue weighted by Gasteiger charge is 2.34. The van der Waals surface area contributed by atoms with E-state index in [0.717, 1.165) is 29.5 Å². The fraction of sp³-hybridized carbons (Fsp3) is 0.222. The molecule has 2 aromatic rings. The molecular weight excluding hydrogens is 284 g/mol. The molecule has 106 valence electrons. The number of phenolic OH excluding ortho intramolecular Hbond substituents is 2. The minimum absolute atomic E-state index is 0.211. The van der Waals surface area contributed by atoms with Gasteiger partial charge in [0.25, 0.3) is 0 Å². The second kappa shape index (κ2) is 4.54. The number of benzene rings is 2. The Morgan fingerprint density at radius 1 is 0.905 bits per heavy atom. The molecule has 3 heteroatoms. The molecule has 0 amide bonds. The van der Waals surface area contributed by atoms with Crippen molar-refractivity contribution in [2.24, 2.45) is 0 Å². The summed E-state index contributed by atoms with van der Waals surface area (Å²) in [6.45, 7) is 0. The SMILES string of the molecule is Oc1cc(-c2ccc(Cl)cc2)c(O)c2c1C1C=CC2CC1. The van der Waals surface area contributed by atoms with Crippen LogP contribution < -0.4 is 0 Å². The first kappa shape index (κ1) is 12.8. The van der Waals surface area contributed by atoms with E-state index in [1.165, 1.54) is 0 Å². The molecule has 0 fully saturated rings. The van der Waals surface area contributed by atoms with E-state index < -0.39 is 0 Å². The van der Waals surface area contributed by atoms with Gasteiger partial charge in [0, 0.05) is 33.5 Å². The maximum absolute atomic E-state index is 10.7. The highest BCUT2D eigenvalue weighted by Crippen LogP contribution is 2.54. The zero-order valence-electron chi connectivity index (χ0n) is 11.4. The number of phenols is 2. The number of fused-ring (bicyclic) bond motifs is 1. The van der Waals surface area contributed by atoms with Crippen LogP contribution in [0.1, 0.15) is 35.8 Å². The topological polar surface area (TPSA) is 40.5 Å². The smallest absolute Gasteiger partial charge is 0.127 e. The summed E-state index contributed by atoms with van der Waals surface area (Å²) in [6, 6.07) is 8.98. The lowest BCUT2D eigenvalue weighted by Crippen LogP contribution is -2.17. The summed E-state index contributed by atoms with van der Waals surface area (Å²) in [6.07, 6.45) is 6.38. The molecule has 0 saturated carbocycles. The minimum Gasteiger partial charge on any atom is -0.508 e. The Morgan fingerprint density at radius 2 is 1.52 bits per heavy atom. The molecule has 2 aromatic carbocycles. The zero-order valence-corrected chi connectivity index (χ0v) is 12.1. The molecule has 21 heavy (non-hydrogen) atoms. The van der Waals surface area contributed by atoms with Gasteiger partial charge in [-0.3, -0.25) is 0 Å². The van der Waals surface area contributed by atoms with E-state index in [0.29, 0.717) is 16.3 Å². The van der Waals surface area contributed by atoms with E-state index >= 15 is 0 Å². The van der Waals surface area contributed by atoms with Crippen molar-refractivity contribution in [2.45, 2.75) is 24.7 Å². The van der Waals surface area contributed by atoms with Crippen LogP contribution in [-0.4, -0.2) is 10.2 Å². The standard InChI is InChI=1S/C18H15ClO2/c19-13-7-5-10(6-8-13)14-9-15(20)16-11-1-3-12(4-2-11)17(16)18(14)21/h1,3,5-9,11-12,20-21H,2,4H2. The highest BCUT2D eigenvalue weighted by molar-refractivity contribution is 6.30. The summed E-state index contributed by atoms with van der Waals surface area (Å²) < 4.78 is 0. The van der Waals surface area contributed by atoms with Gasteiger partial charge in [-0.15, -0.1) is 0 Å². The van der Waals surface area contributed by atoms with Crippen LogP contribution in [0.25, 0.3) is 11.1 Å². The molecule has 2 atom stereocenters. The van der Waals surface area contributed by atoms with E-state index in [4.69, 9.17) is 11.6 Å². The number of hydrogen-bond acceptors (Lipinski definition) is 2. The summed E-state index contributed by atoms with van der Waals surface area (Å²) >= 11 is 5.92. The first-order valence-corrected chi connectivity index (χ1v) is 7.56. The largest absolute Gasteiger partial charge is 0.508 e. The fourth-order valence-corrected chi connectivity index (χ4v) is 3.73. The third kappa shape index (κ3) is 1.86. The Labute approximate surface area is 128 Å². The molecule has 0 aromatic heterocycles. The van der Waals surface area contributed by atoms with Crippen LogP contribution >= 0.6 is 11.6 Å². The maximum Gasteiger partial charge on any atom is 0.127 e. The normalized spacial score (nSPS) is 22.3. The molecule has 0 heterocycles. The summed E-state index contributed by atoms with van der Waals surface area (Å²) in [4.78, 5) is 0. The van der Waals surface area contributed by atoms with Crippen LogP contribution in [0.15, 0.2) is 42.5 Å². The first-order chi connectivity index (χ1) is 10.1. The van der Waals surface area contributed by atoms with Gasteiger partial charge in [-0.1, -0.05) is 35.9 Å². The van der Waals surface area contributed by atoms with Crippen molar-refractivity contribution in [1.29, 1.82) is 0 Å². The van der Waals surface area contributed by atoms with Gasteiger partial charge >= 0.3 is 0 Å². The van der Waals surface area contributed by atoms with Crippen molar-refractivity contribution in [1.82, 2.24) is 0 Å². The van der Waals surface area contributed by atoms with Gasteiger partial charge in [-0.25, -0.2) is 0 Å². The Bertz CT molecular complexity index is 747. The Kier molecular flexibility index (Phi) is 2.76. The molecule has 2 bridgehead atoms. The summed E-state index contributed by atoms with van der Waals surface area (Å²) in [5, 5.41) is 21.8. The van der Waals surface area contributed by atoms with Crippen molar-refractivity contribution >= 4 is 11.6 Å². The predicted molar refractivity (Wildman–Crippen MR) is 84.1 cm³/mol. The van der Waals surface area contributed by atoms with Crippen LogP contribution in [0.2, 0.25) is 5.02 Å². The number of halogens is 1. The van der Waals surface area contributed by atoms with Crippen molar-refractivity contribution in [3.63, 3.8) is 0 Å². The Balaban J connectivity index is 1.94. The predicted octanol–water partition coefficient (Wildman–Crippen LogP) is 4.95. The number of rotatable bonds is 1. The van der Waals surface area contributed by atoms with E-state index in [-0.39, 0.29) is 17.6 Å². The van der Waals surface area contributed by atoms with Crippen molar-refractivity contribution in [2.75, 3.05) is 0 Å². The molecule has 5 rings (SSSR count). The van der Waals surface area contributed by atoms with Crippen LogP contribution in [0.3, 0.4) is 0 Å². The van der Waals surface area contributed by atoms with Gasteiger partial charge in [0.1, 0.15) is 11.5 Å². The monoisotopic (exact) mass is 298 g/mol. The van der Waals surface area contributed by atoms with Gasteiger partial charge in [0.15, 0.2) is 0 Å². The van der Waals surface area contributed by atoms with Gasteiger partial charge in [-0.2, -0.15) is 0 Å². The van der Waals surface area contributed by atoms with Crippen molar-refractivity contribution in [3.05, 3.63) is 58.6 Å². The van der Waals surface area contributed by atoms with Crippen LogP contribution in [-0.2, 0) is 0 Å². The minimum atomic E-state index is 0.211. The number of hydrogen-bond donors (Lipinski definition) is 2. The average Bonchev–Trinajstić information content (AvgIpc) is 2.52. The molecule has 0 aliphatic heterocycles. The summed E-state index contributed by atoms with van der Waals surface area (Å²) in [7, 11) is 0. The van der Waals surface area contributed by atoms with Crippen molar-refractivity contribution < 1.29 is 10.2 Å². The molecule has 3 aliphatic carbocycles. The van der Waals surface area contributed by atoms with Gasteiger partial charge in [0.05, 0.1) is 0 Å². The molecule has 0 radical (unpaired) electrons. The second-order valence-corrected chi connectivity index (χ2v) is 6.24. The van der Waals surface area contributed by atoms with E-state index in [9.17, 15) is 10.2 Å². The van der Waals surface area contributed by atoms with E-state index in [1.807, 2.05) is 12.1 Å². The van der Waals surface area contributed by atoms with Crippen LogP contribution in [0.5, 0.6) is 11.5 Å². The molecule has 0 saturated heterocycles. The van der Waals surface area contributed by atoms with E-state index in [1.54, 1.807) is 18.2 Å². The lowest BCUT2D eigenvalue weighted by Gasteiger charge is -2.35. The fourth-order valence-electron chi connectivity index (χ4n) is 3.61. The van der Waals surface area contributed by atoms with Gasteiger partial charge in [-0.05, 0) is 36.6 Å². The quantitative estimate of drug-likeness (QED) is 0.578. The Hall–Kier alpha value is -1.93. The first-order valence-electron chi connectivity index (χ1n) is 7.18. The lowest BCUT2D eigenvalue weighted by atomic mass is 9.70. The van der Waals surface area contributed by atoms with Crippen molar-refractivity contribution in [3.8, 4) is 22.6 Å². The molecule has 2 N–H and O–H groups in total. The highest BCUT2D eigenvalue weighted by atomic mass is 35.5. The molecule has 3 aliphatic rings. The third-order valence-electron chi connectivity index (χ3n) is 4.62. The summed E-state index contributed by atoms with van der Waals surface area (Å²) in [5.74, 6) is 1.02. The summed E-state index contributed by atoms with van der Waals surface area (Å²) in [5.41, 5.74) is 3.34. The second-order valence-electron chi connectivity index (χ2n) is 5.80. The number of aromatic hydroxyl groups is 2. The number of allylic oxidation sites excluding steroid dienone is 2. The van der Waals surface area contributed by atoms with E-state index in [2.05, 4.69) is 12.2 Å². The van der Waals surface area contributed by atoms with Gasteiger partial charge in [0.2, 0.25) is 0 Å². The van der Waals surface area contributed by atoms with Gasteiger partial charge < -0.3 is 10.2 Å². The lowest BCUT2D eigenvalue weighted by molar-refractivity contribution is 0.423. The maximum atomic E-state index is 10.7. The molecule has 2 unspecified atom stereocenters. The molecule has 2 nitrogen and oxygen atoms in total. The Morgan fingerprint density at radius 3 is 2.14 bits per heavy atom. The molecule has 0 spiro atoms. The molecular formula is C18H15ClO2. The third-order valence-corrected chi connectivity index (χ3v) is 4.87. The zero-order chi connectivity index (χ0) is 14.6.